The summed E-state index contributed by atoms with van der Waals surface area (Å²) < 4.78 is 0. The summed E-state index contributed by atoms with van der Waals surface area (Å²) >= 11 is 0. The third-order valence-electron chi connectivity index (χ3n) is 1.61. The van der Waals surface area contributed by atoms with E-state index in [0.29, 0.717) is 11.1 Å². The zero-order valence-corrected chi connectivity index (χ0v) is 5.13. The second-order valence-corrected chi connectivity index (χ2v) is 2.23. The Morgan fingerprint density at radius 2 is 1.70 bits per heavy atom. The summed E-state index contributed by atoms with van der Waals surface area (Å²) in [5, 5.41) is 0. The Kier molecular flexibility index (Phi) is 0.822. The van der Waals surface area contributed by atoms with Crippen LogP contribution >= 0.6 is 0 Å². The summed E-state index contributed by atoms with van der Waals surface area (Å²) in [6, 6.07) is 6.10. The van der Waals surface area contributed by atoms with Gasteiger partial charge in [-0.1, -0.05) is 12.1 Å². The van der Waals surface area contributed by atoms with Gasteiger partial charge in [0.15, 0.2) is 10.9 Å². The Morgan fingerprint density at radius 3 is 2.30 bits per heavy atom. The topological polar surface area (TPSA) is 34.1 Å². The van der Waals surface area contributed by atoms with E-state index in [-0.39, 0.29) is 10.9 Å². The smallest absolute Gasteiger partial charge is 0.187 e. The third-order valence-corrected chi connectivity index (χ3v) is 1.61. The number of hydrogen-bond donors (Lipinski definition) is 0. The highest BCUT2D eigenvalue weighted by Gasteiger charge is 2.12. The Hall–Kier alpha value is -1.44. The molecule has 0 amide bonds. The van der Waals surface area contributed by atoms with Crippen LogP contribution in [0, 0.1) is 0 Å². The van der Waals surface area contributed by atoms with Crippen molar-refractivity contribution in [1.29, 1.82) is 0 Å². The van der Waals surface area contributed by atoms with Crippen LogP contribution in [0.15, 0.2) is 33.9 Å². The number of fused-ring (bicyclic) bond motifs is 1. The second-order valence-electron chi connectivity index (χ2n) is 2.23. The van der Waals surface area contributed by atoms with Gasteiger partial charge >= 0.3 is 0 Å². The lowest BCUT2D eigenvalue weighted by Gasteiger charge is -2.02. The molecule has 0 radical (unpaired) electrons. The zero-order valence-electron chi connectivity index (χ0n) is 5.13. The first kappa shape index (κ1) is 5.35. The molecule has 0 saturated heterocycles. The molecular weight excluding hydrogens is 128 g/mol. The lowest BCUT2D eigenvalue weighted by atomic mass is 9.98. The van der Waals surface area contributed by atoms with Gasteiger partial charge in [0, 0.05) is 11.1 Å². The van der Waals surface area contributed by atoms with E-state index in [1.54, 1.807) is 12.1 Å². The van der Waals surface area contributed by atoms with Crippen molar-refractivity contribution in [1.82, 2.24) is 0 Å². The molecule has 0 atom stereocenters. The van der Waals surface area contributed by atoms with E-state index in [1.807, 2.05) is 0 Å². The van der Waals surface area contributed by atoms with E-state index in [1.165, 1.54) is 12.1 Å². The summed E-state index contributed by atoms with van der Waals surface area (Å²) in [6.07, 6.45) is 0. The van der Waals surface area contributed by atoms with Crippen LogP contribution in [0.1, 0.15) is 0 Å². The van der Waals surface area contributed by atoms with Crippen molar-refractivity contribution in [2.24, 2.45) is 0 Å². The average molecular weight is 132 g/mol. The first-order chi connectivity index (χ1) is 4.79. The van der Waals surface area contributed by atoms with Crippen LogP contribution in [-0.4, -0.2) is 0 Å². The molecule has 0 unspecified atom stereocenters. The summed E-state index contributed by atoms with van der Waals surface area (Å²) in [5.41, 5.74) is 1.03. The molecule has 0 aromatic heterocycles. The van der Waals surface area contributed by atoms with Crippen molar-refractivity contribution in [3.05, 3.63) is 44.7 Å². The lowest BCUT2D eigenvalue weighted by Crippen LogP contribution is -2.18. The van der Waals surface area contributed by atoms with E-state index in [4.69, 9.17) is 0 Å². The Morgan fingerprint density at radius 1 is 0.900 bits per heavy atom. The van der Waals surface area contributed by atoms with Gasteiger partial charge < -0.3 is 0 Å². The average Bonchev–Trinajstić information content (AvgIpc) is 1.91. The summed E-state index contributed by atoms with van der Waals surface area (Å²) in [5.74, 6) is 0. The van der Waals surface area contributed by atoms with Crippen LogP contribution in [0.5, 0.6) is 0 Å². The maximum atomic E-state index is 10.9. The van der Waals surface area contributed by atoms with Crippen LogP contribution in [0.2, 0.25) is 0 Å². The van der Waals surface area contributed by atoms with Gasteiger partial charge in [-0.25, -0.2) is 0 Å². The molecular formula is C8H4O2. The van der Waals surface area contributed by atoms with Crippen molar-refractivity contribution < 1.29 is 0 Å². The molecule has 2 aliphatic carbocycles. The van der Waals surface area contributed by atoms with E-state index in [0.717, 1.165) is 0 Å². The molecule has 2 heteroatoms. The maximum absolute atomic E-state index is 10.9. The summed E-state index contributed by atoms with van der Waals surface area (Å²) in [6.45, 7) is 0. The molecule has 48 valence electrons. The highest BCUT2D eigenvalue weighted by atomic mass is 16.1. The van der Waals surface area contributed by atoms with Gasteiger partial charge in [0.2, 0.25) is 0 Å². The van der Waals surface area contributed by atoms with Gasteiger partial charge in [-0.05, 0) is 12.1 Å². The summed E-state index contributed by atoms with van der Waals surface area (Å²) in [4.78, 5) is 21.5. The Bertz CT molecular complexity index is 407. The van der Waals surface area contributed by atoms with Gasteiger partial charge in [-0.3, -0.25) is 9.59 Å². The molecule has 0 saturated carbocycles. The zero-order chi connectivity index (χ0) is 7.14. The van der Waals surface area contributed by atoms with Crippen LogP contribution in [-0.2, 0) is 0 Å². The first-order valence-corrected chi connectivity index (χ1v) is 2.98. The molecule has 0 fully saturated rings. The minimum atomic E-state index is -0.0582. The number of rotatable bonds is 0. The quantitative estimate of drug-likeness (QED) is 0.519. The highest BCUT2D eigenvalue weighted by molar-refractivity contribution is 5.69. The fourth-order valence-corrected chi connectivity index (χ4v) is 1.04. The largest absolute Gasteiger partial charge is 0.289 e. The van der Waals surface area contributed by atoms with Crippen LogP contribution in [0.25, 0.3) is 11.1 Å². The maximum Gasteiger partial charge on any atom is 0.187 e. The van der Waals surface area contributed by atoms with Crippen LogP contribution in [0.4, 0.5) is 0 Å². The SMILES string of the molecule is O=c1cccc2c(=O)cc1-2. The molecule has 0 heterocycles. The lowest BCUT2D eigenvalue weighted by molar-refractivity contribution is 1.43. The molecule has 2 nitrogen and oxygen atoms in total. The molecule has 0 aromatic carbocycles. The highest BCUT2D eigenvalue weighted by Crippen LogP contribution is 2.13. The van der Waals surface area contributed by atoms with Crippen LogP contribution < -0.4 is 10.9 Å². The predicted octanol–water partition coefficient (Wildman–Crippen LogP) is 0.387. The van der Waals surface area contributed by atoms with Crippen molar-refractivity contribution in [3.63, 3.8) is 0 Å². The molecule has 0 N–H and O–H groups in total. The van der Waals surface area contributed by atoms with E-state index in [2.05, 4.69) is 0 Å². The molecule has 2 rings (SSSR count). The van der Waals surface area contributed by atoms with Gasteiger partial charge in [0.1, 0.15) is 0 Å². The van der Waals surface area contributed by atoms with Gasteiger partial charge in [0.25, 0.3) is 0 Å². The predicted molar refractivity (Wildman–Crippen MR) is 38.0 cm³/mol. The molecule has 0 aliphatic heterocycles. The number of hydrogen-bond acceptors (Lipinski definition) is 2. The van der Waals surface area contributed by atoms with Crippen molar-refractivity contribution >= 4 is 0 Å². The van der Waals surface area contributed by atoms with E-state index >= 15 is 0 Å². The minimum absolute atomic E-state index is 0.0345. The van der Waals surface area contributed by atoms with Gasteiger partial charge in [-0.15, -0.1) is 0 Å². The first-order valence-electron chi connectivity index (χ1n) is 2.98. The van der Waals surface area contributed by atoms with E-state index in [9.17, 15) is 9.59 Å². The van der Waals surface area contributed by atoms with Crippen molar-refractivity contribution in [2.75, 3.05) is 0 Å². The third kappa shape index (κ3) is 0.480. The monoisotopic (exact) mass is 132 g/mol. The Labute approximate surface area is 56.8 Å². The van der Waals surface area contributed by atoms with E-state index < -0.39 is 0 Å². The van der Waals surface area contributed by atoms with Crippen molar-refractivity contribution in [3.8, 4) is 11.1 Å². The molecule has 2 aliphatic rings. The van der Waals surface area contributed by atoms with Gasteiger partial charge in [-0.2, -0.15) is 0 Å². The fraction of sp³-hybridized carbons (Fsp3) is 0. The van der Waals surface area contributed by atoms with Gasteiger partial charge in [0.05, 0.1) is 0 Å². The number of benzene rings is 1. The summed E-state index contributed by atoms with van der Waals surface area (Å²) in [7, 11) is 0. The second kappa shape index (κ2) is 1.53. The molecule has 10 heavy (non-hydrogen) atoms. The minimum Gasteiger partial charge on any atom is -0.289 e. The molecule has 0 spiro atoms. The Balaban J connectivity index is 2.99. The fourth-order valence-electron chi connectivity index (χ4n) is 1.04. The molecule has 0 bridgehead atoms. The normalized spacial score (nSPS) is 10.8. The molecule has 0 aromatic rings. The standard InChI is InChI=1S/C8H4O2/c9-7-3-1-2-5-6(7)4-8(5)10/h1-4H. The van der Waals surface area contributed by atoms with Crippen LogP contribution in [0.3, 0.4) is 0 Å². The van der Waals surface area contributed by atoms with Crippen molar-refractivity contribution in [2.45, 2.75) is 0 Å².